The van der Waals surface area contributed by atoms with Crippen molar-refractivity contribution in [2.24, 2.45) is 0 Å². The minimum atomic E-state index is 0.592. The Morgan fingerprint density at radius 3 is 2.53 bits per heavy atom. The van der Waals surface area contributed by atoms with E-state index in [2.05, 4.69) is 26.2 Å². The Morgan fingerprint density at radius 1 is 1.18 bits per heavy atom. The molecule has 2 rings (SSSR count). The molecule has 0 saturated heterocycles. The maximum atomic E-state index is 5.61. The van der Waals surface area contributed by atoms with E-state index in [0.29, 0.717) is 5.88 Å². The van der Waals surface area contributed by atoms with Gasteiger partial charge in [-0.15, -0.1) is 0 Å². The molecule has 0 bridgehead atoms. The van der Waals surface area contributed by atoms with Crippen LogP contribution in [0.1, 0.15) is 5.56 Å². The fraction of sp³-hybridized carbons (Fsp3) is 0.154. The van der Waals surface area contributed by atoms with E-state index in [1.807, 2.05) is 43.4 Å². The predicted octanol–water partition coefficient (Wildman–Crippen LogP) is 3.36. The molecule has 0 spiro atoms. The third-order valence-corrected chi connectivity index (χ3v) is 2.70. The van der Waals surface area contributed by atoms with Crippen LogP contribution in [0.15, 0.2) is 47.1 Å². The average molecular weight is 293 g/mol. The third kappa shape index (κ3) is 3.54. The van der Waals surface area contributed by atoms with Gasteiger partial charge in [0, 0.05) is 23.3 Å². The molecule has 1 N–H and O–H groups in total. The standard InChI is InChI=1S/C13H13BrN2O/c1-15-8-10-2-5-12(6-3-10)17-13-7-4-11(14)9-16-13/h2-7,9,15H,8H2,1H3. The number of nitrogens with one attached hydrogen (secondary N) is 1. The van der Waals surface area contributed by atoms with Gasteiger partial charge in [0.2, 0.25) is 5.88 Å². The van der Waals surface area contributed by atoms with E-state index >= 15 is 0 Å². The molecule has 0 atom stereocenters. The van der Waals surface area contributed by atoms with Gasteiger partial charge in [-0.3, -0.25) is 0 Å². The highest BCUT2D eigenvalue weighted by atomic mass is 79.9. The molecule has 4 heteroatoms. The summed E-state index contributed by atoms with van der Waals surface area (Å²) in [5.74, 6) is 1.38. The van der Waals surface area contributed by atoms with Gasteiger partial charge < -0.3 is 10.1 Å². The largest absolute Gasteiger partial charge is 0.439 e. The summed E-state index contributed by atoms with van der Waals surface area (Å²) < 4.78 is 6.55. The Bertz CT molecular complexity index is 468. The molecular weight excluding hydrogens is 280 g/mol. The molecule has 0 aliphatic rings. The monoisotopic (exact) mass is 292 g/mol. The summed E-state index contributed by atoms with van der Waals surface area (Å²) in [6, 6.07) is 11.7. The maximum absolute atomic E-state index is 5.61. The van der Waals surface area contributed by atoms with E-state index < -0.39 is 0 Å². The SMILES string of the molecule is CNCc1ccc(Oc2ccc(Br)cn2)cc1. The van der Waals surface area contributed by atoms with E-state index in [0.717, 1.165) is 16.8 Å². The first-order valence-corrected chi connectivity index (χ1v) is 6.10. The molecule has 0 aliphatic carbocycles. The number of hydrogen-bond donors (Lipinski definition) is 1. The second-order valence-electron chi connectivity index (χ2n) is 3.59. The minimum absolute atomic E-state index is 0.592. The second kappa shape index (κ2) is 5.80. The van der Waals surface area contributed by atoms with Crippen molar-refractivity contribution < 1.29 is 4.74 Å². The summed E-state index contributed by atoms with van der Waals surface area (Å²) in [5.41, 5.74) is 1.23. The molecule has 17 heavy (non-hydrogen) atoms. The summed E-state index contributed by atoms with van der Waals surface area (Å²) >= 11 is 3.33. The summed E-state index contributed by atoms with van der Waals surface area (Å²) in [6.07, 6.45) is 1.71. The molecule has 3 nitrogen and oxygen atoms in total. The van der Waals surface area contributed by atoms with E-state index in [-0.39, 0.29) is 0 Å². The molecule has 0 radical (unpaired) electrons. The van der Waals surface area contributed by atoms with Crippen LogP contribution in [-0.4, -0.2) is 12.0 Å². The molecule has 2 aromatic rings. The van der Waals surface area contributed by atoms with E-state index in [1.54, 1.807) is 6.20 Å². The molecule has 0 saturated carbocycles. The van der Waals surface area contributed by atoms with Gasteiger partial charge in [0.1, 0.15) is 5.75 Å². The zero-order valence-electron chi connectivity index (χ0n) is 9.48. The summed E-state index contributed by atoms with van der Waals surface area (Å²) in [4.78, 5) is 4.15. The van der Waals surface area contributed by atoms with Crippen molar-refractivity contribution in [2.45, 2.75) is 6.54 Å². The lowest BCUT2D eigenvalue weighted by Crippen LogP contribution is -2.04. The number of pyridine rings is 1. The van der Waals surface area contributed by atoms with Crippen LogP contribution < -0.4 is 10.1 Å². The molecule has 1 aromatic carbocycles. The highest BCUT2D eigenvalue weighted by molar-refractivity contribution is 9.10. The first-order chi connectivity index (χ1) is 8.28. The fourth-order valence-corrected chi connectivity index (χ4v) is 1.66. The van der Waals surface area contributed by atoms with Gasteiger partial charge in [-0.05, 0) is 46.7 Å². The van der Waals surface area contributed by atoms with Gasteiger partial charge >= 0.3 is 0 Å². The lowest BCUT2D eigenvalue weighted by molar-refractivity contribution is 0.462. The lowest BCUT2D eigenvalue weighted by Gasteiger charge is -2.05. The Labute approximate surface area is 109 Å². The molecule has 1 aromatic heterocycles. The lowest BCUT2D eigenvalue weighted by atomic mass is 10.2. The first kappa shape index (κ1) is 12.1. The Morgan fingerprint density at radius 2 is 1.94 bits per heavy atom. The van der Waals surface area contributed by atoms with Crippen molar-refractivity contribution in [2.75, 3.05) is 7.05 Å². The van der Waals surface area contributed by atoms with Crippen LogP contribution in [0.2, 0.25) is 0 Å². The van der Waals surface area contributed by atoms with Crippen LogP contribution in [0.3, 0.4) is 0 Å². The molecule has 0 aliphatic heterocycles. The fourth-order valence-electron chi connectivity index (χ4n) is 1.42. The minimum Gasteiger partial charge on any atom is -0.439 e. The van der Waals surface area contributed by atoms with Gasteiger partial charge in [0.05, 0.1) is 0 Å². The van der Waals surface area contributed by atoms with E-state index in [4.69, 9.17) is 4.74 Å². The van der Waals surface area contributed by atoms with Crippen molar-refractivity contribution in [3.63, 3.8) is 0 Å². The Kier molecular flexibility index (Phi) is 4.12. The highest BCUT2D eigenvalue weighted by Gasteiger charge is 1.98. The van der Waals surface area contributed by atoms with Gasteiger partial charge in [-0.1, -0.05) is 12.1 Å². The van der Waals surface area contributed by atoms with E-state index in [9.17, 15) is 0 Å². The molecule has 1 heterocycles. The van der Waals surface area contributed by atoms with Gasteiger partial charge in [-0.25, -0.2) is 4.98 Å². The smallest absolute Gasteiger partial charge is 0.219 e. The predicted molar refractivity (Wildman–Crippen MR) is 71.2 cm³/mol. The van der Waals surface area contributed by atoms with Crippen LogP contribution >= 0.6 is 15.9 Å². The van der Waals surface area contributed by atoms with E-state index in [1.165, 1.54) is 5.56 Å². The van der Waals surface area contributed by atoms with Crippen molar-refractivity contribution in [3.8, 4) is 11.6 Å². The van der Waals surface area contributed by atoms with Crippen LogP contribution in [0.5, 0.6) is 11.6 Å². The number of benzene rings is 1. The summed E-state index contributed by atoms with van der Waals surface area (Å²) in [6.45, 7) is 0.858. The Hall–Kier alpha value is -1.39. The number of halogens is 1. The van der Waals surface area contributed by atoms with Crippen LogP contribution in [0, 0.1) is 0 Å². The number of aromatic nitrogens is 1. The molecule has 0 fully saturated rings. The van der Waals surface area contributed by atoms with Gasteiger partial charge in [0.25, 0.3) is 0 Å². The zero-order valence-corrected chi connectivity index (χ0v) is 11.1. The van der Waals surface area contributed by atoms with Crippen molar-refractivity contribution >= 4 is 15.9 Å². The topological polar surface area (TPSA) is 34.1 Å². The second-order valence-corrected chi connectivity index (χ2v) is 4.51. The summed E-state index contributed by atoms with van der Waals surface area (Å²) in [5, 5.41) is 3.10. The van der Waals surface area contributed by atoms with Crippen LogP contribution in [-0.2, 0) is 6.54 Å². The average Bonchev–Trinajstić information content (AvgIpc) is 2.35. The number of rotatable bonds is 4. The normalized spacial score (nSPS) is 10.2. The molecule has 0 unspecified atom stereocenters. The van der Waals surface area contributed by atoms with Crippen LogP contribution in [0.4, 0.5) is 0 Å². The number of hydrogen-bond acceptors (Lipinski definition) is 3. The maximum Gasteiger partial charge on any atom is 0.219 e. The number of ether oxygens (including phenoxy) is 1. The summed E-state index contributed by atoms with van der Waals surface area (Å²) in [7, 11) is 1.93. The first-order valence-electron chi connectivity index (χ1n) is 5.31. The third-order valence-electron chi connectivity index (χ3n) is 2.23. The van der Waals surface area contributed by atoms with Crippen molar-refractivity contribution in [1.29, 1.82) is 0 Å². The highest BCUT2D eigenvalue weighted by Crippen LogP contribution is 2.20. The number of nitrogens with zero attached hydrogens (tertiary/aromatic N) is 1. The van der Waals surface area contributed by atoms with Crippen LogP contribution in [0.25, 0.3) is 0 Å². The van der Waals surface area contributed by atoms with Crippen molar-refractivity contribution in [3.05, 3.63) is 52.6 Å². The van der Waals surface area contributed by atoms with Gasteiger partial charge in [-0.2, -0.15) is 0 Å². The van der Waals surface area contributed by atoms with Crippen molar-refractivity contribution in [1.82, 2.24) is 10.3 Å². The van der Waals surface area contributed by atoms with Gasteiger partial charge in [0.15, 0.2) is 0 Å². The molecular formula is C13H13BrN2O. The quantitative estimate of drug-likeness (QED) is 0.938. The molecule has 88 valence electrons. The Balaban J connectivity index is 2.05. The zero-order chi connectivity index (χ0) is 12.1. The molecule has 0 amide bonds.